The van der Waals surface area contributed by atoms with Gasteiger partial charge in [0.15, 0.2) is 5.78 Å². The number of amides is 7. The highest BCUT2D eigenvalue weighted by Crippen LogP contribution is 2.19. The Morgan fingerprint density at radius 3 is 1.96 bits per heavy atom. The van der Waals surface area contributed by atoms with Crippen LogP contribution in [-0.2, 0) is 50.0 Å². The first-order valence-electron chi connectivity index (χ1n) is 23.2. The molecule has 0 aliphatic rings. The van der Waals surface area contributed by atoms with E-state index in [0.717, 1.165) is 6.42 Å². The van der Waals surface area contributed by atoms with Crippen molar-refractivity contribution >= 4 is 57.2 Å². The summed E-state index contributed by atoms with van der Waals surface area (Å²) in [6, 6.07) is 8.08. The van der Waals surface area contributed by atoms with E-state index in [9.17, 15) is 67.2 Å². The lowest BCUT2D eigenvalue weighted by molar-refractivity contribution is -0.132. The second-order valence-electron chi connectivity index (χ2n) is 16.8. The Morgan fingerprint density at radius 2 is 1.36 bits per heavy atom. The van der Waals surface area contributed by atoms with Crippen LogP contribution in [0, 0.1) is 0 Å². The van der Waals surface area contributed by atoms with Crippen molar-refractivity contribution in [2.45, 2.75) is 114 Å². The van der Waals surface area contributed by atoms with Crippen LogP contribution in [0.1, 0.15) is 91.9 Å². The molecule has 2 aromatic carbocycles. The molecule has 0 saturated heterocycles. The number of aliphatic hydroxyl groups is 4. The van der Waals surface area contributed by atoms with Gasteiger partial charge >= 0.3 is 0 Å². The van der Waals surface area contributed by atoms with E-state index in [1.54, 1.807) is 42.5 Å². The second-order valence-corrected chi connectivity index (χ2v) is 18.6. The number of primary amides is 1. The molecule has 0 aliphatic carbocycles. The predicted octanol–water partition coefficient (Wildman–Crippen LogP) is -3.48. The van der Waals surface area contributed by atoms with Gasteiger partial charge in [0.05, 0.1) is 49.8 Å². The van der Waals surface area contributed by atoms with Gasteiger partial charge in [-0.25, -0.2) is 13.4 Å². The van der Waals surface area contributed by atoms with Gasteiger partial charge in [-0.2, -0.15) is 0 Å². The third kappa shape index (κ3) is 20.2. The number of nitrogens with one attached hydrogen (secondary N) is 9. The van der Waals surface area contributed by atoms with Crippen molar-refractivity contribution in [3.05, 3.63) is 89.5 Å². The summed E-state index contributed by atoms with van der Waals surface area (Å²) < 4.78 is 27.4. The minimum atomic E-state index is -4.20. The number of aliphatic hydroxyl groups excluding tert-OH is 4. The zero-order valence-corrected chi connectivity index (χ0v) is 41.1. The summed E-state index contributed by atoms with van der Waals surface area (Å²) in [4.78, 5) is 108. The number of nitrogens with two attached hydrogens (primary N) is 1. The lowest BCUT2D eigenvalue weighted by atomic mass is 9.97. The number of hydrogen-bond acceptors (Lipinski definition) is 17. The van der Waals surface area contributed by atoms with Gasteiger partial charge < -0.3 is 57.7 Å². The van der Waals surface area contributed by atoms with Gasteiger partial charge in [0, 0.05) is 49.3 Å². The maximum Gasteiger partial charge on any atom is 0.245 e. The number of aromatic amines is 1. The molecule has 0 fully saturated rings. The standard InChI is InChI=1S/C46H67N11O14S/c1-4-5-12-32(42(65)48-3)53-46(69)36(25-59)56-44(67)34(21-31-22-49-26-51-31)55-43(66)33(18-19-37(47)60)54-45(68)35(24-58)52-39(62)23-50-38(61)13-9-20-72(70,71)57-41(64)27(2)28-14-16-30(17-15-28)40(63)29-10-7-6-8-11-29/h6-8,10-11,14-17,22,26-27,32-36,43-44,55-56,58-59,66-67H,4-5,9,12-13,18-21,23-25H2,1-3H3,(H2,47,60)(H,48,65)(H,49,51)(H,50,61)(H,52,62)(H,53,69)(H,54,68)(H,57,64)/t27?,32-,33-,34-,35-,36-,43-,44-/m0/s1. The van der Waals surface area contributed by atoms with Crippen molar-refractivity contribution in [2.24, 2.45) is 5.73 Å². The predicted molar refractivity (Wildman–Crippen MR) is 259 cm³/mol. The maximum atomic E-state index is 13.4. The summed E-state index contributed by atoms with van der Waals surface area (Å²) in [7, 11) is -2.80. The number of hydrogen-bond donors (Lipinski definition) is 14. The van der Waals surface area contributed by atoms with E-state index in [0.29, 0.717) is 35.2 Å². The molecule has 3 aromatic rings. The molecule has 396 valence electrons. The van der Waals surface area contributed by atoms with E-state index in [1.807, 2.05) is 11.6 Å². The molecule has 72 heavy (non-hydrogen) atoms. The fourth-order valence-electron chi connectivity index (χ4n) is 7.03. The first-order valence-corrected chi connectivity index (χ1v) is 24.8. The molecule has 0 aliphatic heterocycles. The number of benzene rings is 2. The molecule has 15 N–H and O–H groups in total. The largest absolute Gasteiger partial charge is 0.394 e. The average Bonchev–Trinajstić information content (AvgIpc) is 3.88. The van der Waals surface area contributed by atoms with Crippen LogP contribution in [0.25, 0.3) is 0 Å². The Bertz CT molecular complexity index is 2360. The van der Waals surface area contributed by atoms with Crippen molar-refractivity contribution < 1.29 is 67.2 Å². The second kappa shape index (κ2) is 30.3. The molecule has 1 unspecified atom stereocenters. The summed E-state index contributed by atoms with van der Waals surface area (Å²) in [6.45, 7) is 0.872. The molecule has 0 saturated carbocycles. The highest BCUT2D eigenvalue weighted by atomic mass is 32.2. The molecule has 0 bridgehead atoms. The number of aromatic nitrogens is 2. The topological polar surface area (TPSA) is 403 Å². The SMILES string of the molecule is CCCC[C@H](NC(=O)[C@H](CO)N[C@@H](O)[C@H](Cc1cnc[nH]1)N[C@@H](O)[C@H](CCC(N)=O)NC(=O)[C@H](CO)NC(=O)CNC(=O)CCCS(=O)(=O)NC(=O)C(C)c1ccc(C(=O)c2ccccc2)cc1)C(=O)NC. The van der Waals surface area contributed by atoms with Crippen molar-refractivity contribution in [2.75, 3.05) is 32.6 Å². The van der Waals surface area contributed by atoms with Crippen LogP contribution in [0.2, 0.25) is 0 Å². The van der Waals surface area contributed by atoms with Crippen LogP contribution in [0.5, 0.6) is 0 Å². The Morgan fingerprint density at radius 1 is 0.722 bits per heavy atom. The molecule has 0 spiro atoms. The van der Waals surface area contributed by atoms with Gasteiger partial charge in [-0.1, -0.05) is 74.4 Å². The number of likely N-dealkylation sites (N-methyl/N-ethyl adjacent to an activating group) is 1. The molecular weight excluding hydrogens is 963 g/mol. The smallest absolute Gasteiger partial charge is 0.245 e. The van der Waals surface area contributed by atoms with Crippen LogP contribution in [0.3, 0.4) is 0 Å². The van der Waals surface area contributed by atoms with E-state index in [2.05, 4.69) is 47.2 Å². The lowest BCUT2D eigenvalue weighted by Crippen LogP contribution is -2.63. The van der Waals surface area contributed by atoms with Gasteiger partial charge in [0.2, 0.25) is 51.4 Å². The summed E-state index contributed by atoms with van der Waals surface area (Å²) in [5.41, 5.74) is 7.09. The highest BCUT2D eigenvalue weighted by molar-refractivity contribution is 7.90. The van der Waals surface area contributed by atoms with Crippen LogP contribution in [0.4, 0.5) is 0 Å². The van der Waals surface area contributed by atoms with Crippen LogP contribution in [-0.4, -0.2) is 161 Å². The lowest BCUT2D eigenvalue weighted by Gasteiger charge is -2.33. The average molecular weight is 1030 g/mol. The van der Waals surface area contributed by atoms with Crippen LogP contribution >= 0.6 is 0 Å². The Hall–Kier alpha value is -6.68. The molecule has 1 heterocycles. The third-order valence-electron chi connectivity index (χ3n) is 11.2. The minimum Gasteiger partial charge on any atom is -0.394 e. The van der Waals surface area contributed by atoms with Crippen molar-refractivity contribution in [1.29, 1.82) is 0 Å². The Balaban J connectivity index is 1.55. The normalized spacial score (nSPS) is 14.7. The number of ketones is 1. The number of carbonyl (C=O) groups is 8. The summed E-state index contributed by atoms with van der Waals surface area (Å²) in [5.74, 6) is -7.47. The minimum absolute atomic E-state index is 0.108. The molecule has 1 aromatic heterocycles. The number of unbranched alkanes of at least 4 members (excludes halogenated alkanes) is 1. The molecule has 7 amide bonds. The summed E-state index contributed by atoms with van der Waals surface area (Å²) in [6.07, 6.45) is -0.556. The van der Waals surface area contributed by atoms with Crippen LogP contribution in [0.15, 0.2) is 67.1 Å². The molecule has 3 rings (SSSR count). The van der Waals surface area contributed by atoms with E-state index < -0.39 is 125 Å². The molecule has 25 nitrogen and oxygen atoms in total. The zero-order valence-electron chi connectivity index (χ0n) is 40.3. The monoisotopic (exact) mass is 1030 g/mol. The van der Waals surface area contributed by atoms with Crippen molar-refractivity contribution in [1.82, 2.24) is 51.9 Å². The number of sulfonamides is 1. The van der Waals surface area contributed by atoms with Gasteiger partial charge in [0.25, 0.3) is 0 Å². The number of H-pyrrole nitrogens is 1. The van der Waals surface area contributed by atoms with E-state index >= 15 is 0 Å². The Kier molecular flexibility index (Phi) is 25.1. The van der Waals surface area contributed by atoms with Gasteiger partial charge in [0.1, 0.15) is 30.6 Å². The number of carbonyl (C=O) groups excluding carboxylic acids is 8. The molecule has 8 atom stereocenters. The third-order valence-corrected chi connectivity index (χ3v) is 12.6. The van der Waals surface area contributed by atoms with Crippen LogP contribution < -0.4 is 47.7 Å². The van der Waals surface area contributed by atoms with Gasteiger partial charge in [-0.05, 0) is 31.7 Å². The summed E-state index contributed by atoms with van der Waals surface area (Å²) >= 11 is 0. The maximum absolute atomic E-state index is 13.4. The van der Waals surface area contributed by atoms with Crippen molar-refractivity contribution in [3.8, 4) is 0 Å². The highest BCUT2D eigenvalue weighted by Gasteiger charge is 2.33. The van der Waals surface area contributed by atoms with Gasteiger partial charge in [-0.3, -0.25) is 53.7 Å². The number of imidazole rings is 1. The van der Waals surface area contributed by atoms with Crippen molar-refractivity contribution in [3.63, 3.8) is 0 Å². The number of nitrogens with zero attached hydrogens (tertiary/aromatic N) is 1. The fourth-order valence-corrected chi connectivity index (χ4v) is 8.14. The molecule has 26 heteroatoms. The summed E-state index contributed by atoms with van der Waals surface area (Å²) in [5, 5.41) is 60.1. The van der Waals surface area contributed by atoms with Gasteiger partial charge in [-0.15, -0.1) is 0 Å². The van der Waals surface area contributed by atoms with E-state index in [-0.39, 0.29) is 37.9 Å². The first-order chi connectivity index (χ1) is 34.2. The Labute approximate surface area is 416 Å². The fraction of sp³-hybridized carbons (Fsp3) is 0.500. The quantitative estimate of drug-likeness (QED) is 0.0208. The zero-order chi connectivity index (χ0) is 53.4. The first kappa shape index (κ1) is 59.6. The van der Waals surface area contributed by atoms with E-state index in [1.165, 1.54) is 38.6 Å². The molecule has 0 radical (unpaired) electrons. The number of rotatable bonds is 33. The molecular formula is C46H67N11O14S. The van der Waals surface area contributed by atoms with E-state index in [4.69, 9.17) is 5.73 Å².